The molecule has 0 saturated heterocycles. The molecule has 0 aromatic rings. The molecular formula is C47H78O6. The van der Waals surface area contributed by atoms with Gasteiger partial charge in [-0.2, -0.15) is 0 Å². The van der Waals surface area contributed by atoms with Crippen LogP contribution in [0, 0.1) is 0 Å². The Hall–Kier alpha value is -3.15. The summed E-state index contributed by atoms with van der Waals surface area (Å²) < 4.78 is 16.6. The van der Waals surface area contributed by atoms with E-state index in [1.165, 1.54) is 51.4 Å². The monoisotopic (exact) mass is 739 g/mol. The van der Waals surface area contributed by atoms with Gasteiger partial charge in [0.1, 0.15) is 13.2 Å². The molecule has 0 radical (unpaired) electrons. The molecule has 0 rings (SSSR count). The van der Waals surface area contributed by atoms with E-state index in [0.717, 1.165) is 89.9 Å². The third-order valence-corrected chi connectivity index (χ3v) is 8.68. The van der Waals surface area contributed by atoms with Crippen LogP contribution in [0.15, 0.2) is 72.9 Å². The fourth-order valence-electron chi connectivity index (χ4n) is 5.41. The minimum atomic E-state index is -0.808. The van der Waals surface area contributed by atoms with E-state index in [4.69, 9.17) is 14.2 Å². The smallest absolute Gasteiger partial charge is 0.306 e. The number of allylic oxidation sites excluding steroid dienone is 12. The highest BCUT2D eigenvalue weighted by Gasteiger charge is 2.19. The van der Waals surface area contributed by atoms with Crippen LogP contribution in [0.2, 0.25) is 0 Å². The van der Waals surface area contributed by atoms with E-state index in [2.05, 4.69) is 81.5 Å². The van der Waals surface area contributed by atoms with Gasteiger partial charge in [-0.1, -0.05) is 158 Å². The van der Waals surface area contributed by atoms with Crippen LogP contribution >= 0.6 is 0 Å². The van der Waals surface area contributed by atoms with Gasteiger partial charge in [-0.25, -0.2) is 0 Å². The maximum atomic E-state index is 12.7. The Morgan fingerprint density at radius 1 is 0.396 bits per heavy atom. The summed E-state index contributed by atoms with van der Waals surface area (Å²) in [6, 6.07) is 0. The quantitative estimate of drug-likeness (QED) is 0.0273. The molecule has 0 N–H and O–H groups in total. The van der Waals surface area contributed by atoms with Gasteiger partial charge < -0.3 is 14.2 Å². The lowest BCUT2D eigenvalue weighted by Crippen LogP contribution is -2.30. The molecule has 0 amide bonds. The zero-order chi connectivity index (χ0) is 38.7. The van der Waals surface area contributed by atoms with E-state index in [0.29, 0.717) is 19.3 Å². The van der Waals surface area contributed by atoms with Crippen molar-refractivity contribution < 1.29 is 28.6 Å². The second kappa shape index (κ2) is 41.6. The Kier molecular flexibility index (Phi) is 39.1. The molecule has 6 nitrogen and oxygen atoms in total. The van der Waals surface area contributed by atoms with E-state index >= 15 is 0 Å². The van der Waals surface area contributed by atoms with Crippen molar-refractivity contribution in [1.29, 1.82) is 0 Å². The predicted octanol–water partition coefficient (Wildman–Crippen LogP) is 13.5. The lowest BCUT2D eigenvalue weighted by molar-refractivity contribution is -0.166. The lowest BCUT2D eigenvalue weighted by atomic mass is 10.1. The van der Waals surface area contributed by atoms with Gasteiger partial charge in [-0.05, 0) is 83.5 Å². The SMILES string of the molecule is CC/C=C\C/C=C\C/C=C\C/C=C\CCC(=O)OCC(COC(=O)CCCCCCC/C=C\CCCC)OC(=O)CCCCCCC/C=C\CCCC. The molecule has 0 spiro atoms. The van der Waals surface area contributed by atoms with Gasteiger partial charge in [0.05, 0.1) is 0 Å². The molecule has 0 aliphatic rings. The average Bonchev–Trinajstić information content (AvgIpc) is 3.15. The summed E-state index contributed by atoms with van der Waals surface area (Å²) in [5.41, 5.74) is 0. The van der Waals surface area contributed by atoms with Crippen LogP contribution in [0.5, 0.6) is 0 Å². The summed E-state index contributed by atoms with van der Waals surface area (Å²) in [7, 11) is 0. The number of rotatable bonds is 37. The van der Waals surface area contributed by atoms with Crippen molar-refractivity contribution in [2.24, 2.45) is 0 Å². The molecule has 302 valence electrons. The molecule has 53 heavy (non-hydrogen) atoms. The van der Waals surface area contributed by atoms with Crippen molar-refractivity contribution in [2.75, 3.05) is 13.2 Å². The van der Waals surface area contributed by atoms with Crippen molar-refractivity contribution in [3.8, 4) is 0 Å². The molecule has 0 heterocycles. The van der Waals surface area contributed by atoms with Crippen LogP contribution in [0.4, 0.5) is 0 Å². The molecule has 1 unspecified atom stereocenters. The van der Waals surface area contributed by atoms with Gasteiger partial charge in [0.25, 0.3) is 0 Å². The lowest BCUT2D eigenvalue weighted by Gasteiger charge is -2.18. The summed E-state index contributed by atoms with van der Waals surface area (Å²) in [6.07, 6.45) is 50.4. The summed E-state index contributed by atoms with van der Waals surface area (Å²) in [4.78, 5) is 37.6. The first-order valence-corrected chi connectivity index (χ1v) is 21.4. The molecule has 0 saturated carbocycles. The predicted molar refractivity (Wildman–Crippen MR) is 224 cm³/mol. The summed E-state index contributed by atoms with van der Waals surface area (Å²) in [6.45, 7) is 6.33. The number of ether oxygens (including phenoxy) is 3. The molecule has 0 aliphatic carbocycles. The molecule has 0 aliphatic heterocycles. The van der Waals surface area contributed by atoms with E-state index in [1.54, 1.807) is 0 Å². The van der Waals surface area contributed by atoms with Crippen molar-refractivity contribution in [1.82, 2.24) is 0 Å². The fourth-order valence-corrected chi connectivity index (χ4v) is 5.41. The van der Waals surface area contributed by atoms with Crippen LogP contribution in [0.25, 0.3) is 0 Å². The van der Waals surface area contributed by atoms with Crippen LogP contribution in [-0.2, 0) is 28.6 Å². The van der Waals surface area contributed by atoms with Gasteiger partial charge in [-0.15, -0.1) is 0 Å². The summed E-state index contributed by atoms with van der Waals surface area (Å²) in [5.74, 6) is -1.02. The molecule has 6 heteroatoms. The molecule has 0 aromatic heterocycles. The number of esters is 3. The molecule has 1 atom stereocenters. The maximum Gasteiger partial charge on any atom is 0.306 e. The van der Waals surface area contributed by atoms with Crippen LogP contribution in [0.3, 0.4) is 0 Å². The zero-order valence-electron chi connectivity index (χ0n) is 34.3. The average molecular weight is 739 g/mol. The largest absolute Gasteiger partial charge is 0.462 e. The van der Waals surface area contributed by atoms with Crippen molar-refractivity contribution in [2.45, 2.75) is 194 Å². The number of hydrogen-bond acceptors (Lipinski definition) is 6. The van der Waals surface area contributed by atoms with Gasteiger partial charge in [0.2, 0.25) is 0 Å². The molecule has 0 fully saturated rings. The Morgan fingerprint density at radius 3 is 1.26 bits per heavy atom. The third kappa shape index (κ3) is 39.9. The Balaban J connectivity index is 4.52. The number of carbonyl (C=O) groups is 3. The highest BCUT2D eigenvalue weighted by atomic mass is 16.6. The van der Waals surface area contributed by atoms with Crippen LogP contribution < -0.4 is 0 Å². The third-order valence-electron chi connectivity index (χ3n) is 8.68. The fraction of sp³-hybridized carbons (Fsp3) is 0.681. The van der Waals surface area contributed by atoms with Gasteiger partial charge >= 0.3 is 17.9 Å². The Morgan fingerprint density at radius 2 is 0.774 bits per heavy atom. The first-order chi connectivity index (χ1) is 26.0. The summed E-state index contributed by atoms with van der Waals surface area (Å²) in [5, 5.41) is 0. The first-order valence-electron chi connectivity index (χ1n) is 21.4. The standard InChI is InChI=1S/C47H78O6/c1-4-7-10-13-16-19-22-23-26-28-31-34-37-40-46(49)52-43-44(53-47(50)41-38-35-32-29-25-21-18-15-12-9-6-3)42-51-45(48)39-36-33-30-27-24-20-17-14-11-8-5-2/h7,10,14-19,23,26,31,34,44H,4-6,8-9,11-13,20-22,24-25,27-30,32-33,35-43H2,1-3H3/b10-7-,17-14-,18-15-,19-16-,26-23-,34-31-. The van der Waals surface area contributed by atoms with Gasteiger partial charge in [0.15, 0.2) is 6.10 Å². The van der Waals surface area contributed by atoms with Gasteiger partial charge in [-0.3, -0.25) is 14.4 Å². The Bertz CT molecular complexity index is 1030. The minimum absolute atomic E-state index is 0.106. The van der Waals surface area contributed by atoms with Crippen LogP contribution in [-0.4, -0.2) is 37.2 Å². The van der Waals surface area contributed by atoms with Crippen molar-refractivity contribution >= 4 is 17.9 Å². The molecular weight excluding hydrogens is 661 g/mol. The van der Waals surface area contributed by atoms with Crippen molar-refractivity contribution in [3.05, 3.63) is 72.9 Å². The second-order valence-electron chi connectivity index (χ2n) is 13.9. The van der Waals surface area contributed by atoms with E-state index in [-0.39, 0.29) is 37.5 Å². The number of unbranched alkanes of at least 4 members (excludes halogenated alkanes) is 14. The van der Waals surface area contributed by atoms with Crippen molar-refractivity contribution in [3.63, 3.8) is 0 Å². The normalized spacial score (nSPS) is 12.7. The molecule has 0 bridgehead atoms. The topological polar surface area (TPSA) is 78.9 Å². The minimum Gasteiger partial charge on any atom is -0.462 e. The van der Waals surface area contributed by atoms with Crippen LogP contribution in [0.1, 0.15) is 188 Å². The Labute approximate surface area is 325 Å². The summed E-state index contributed by atoms with van der Waals surface area (Å²) >= 11 is 0. The maximum absolute atomic E-state index is 12.7. The number of hydrogen-bond donors (Lipinski definition) is 0. The zero-order valence-corrected chi connectivity index (χ0v) is 34.3. The van der Waals surface area contributed by atoms with Gasteiger partial charge in [0, 0.05) is 19.3 Å². The highest BCUT2D eigenvalue weighted by molar-refractivity contribution is 5.71. The van der Waals surface area contributed by atoms with E-state index < -0.39 is 6.10 Å². The molecule has 0 aromatic carbocycles. The second-order valence-corrected chi connectivity index (χ2v) is 13.9. The number of carbonyl (C=O) groups excluding carboxylic acids is 3. The van der Waals surface area contributed by atoms with E-state index in [1.807, 2.05) is 12.2 Å². The first kappa shape index (κ1) is 49.9. The van der Waals surface area contributed by atoms with E-state index in [9.17, 15) is 14.4 Å². The highest BCUT2D eigenvalue weighted by Crippen LogP contribution is 2.12.